The summed E-state index contributed by atoms with van der Waals surface area (Å²) in [5.74, 6) is 0. The smallest absolute Gasteiger partial charge is 0.110 e. The molecule has 0 bridgehead atoms. The van der Waals surface area contributed by atoms with Gasteiger partial charge in [-0.1, -0.05) is 18.2 Å². The van der Waals surface area contributed by atoms with Crippen LogP contribution < -0.4 is 5.32 Å². The Morgan fingerprint density at radius 3 is 2.84 bits per heavy atom. The minimum atomic E-state index is 0.719. The number of anilines is 1. The monoisotopic (exact) mass is 272 g/mol. The molecule has 1 aromatic heterocycles. The predicted molar refractivity (Wildman–Crippen MR) is 78.4 cm³/mol. The molecule has 0 fully saturated rings. The number of para-hydroxylation sites is 1. The van der Waals surface area contributed by atoms with Crippen molar-refractivity contribution in [2.75, 3.05) is 19.0 Å². The lowest BCUT2D eigenvalue weighted by molar-refractivity contribution is 0.202. The van der Waals surface area contributed by atoms with Crippen LogP contribution in [0.15, 0.2) is 36.4 Å². The third-order valence-electron chi connectivity index (χ3n) is 2.82. The van der Waals surface area contributed by atoms with Crippen LogP contribution >= 0.6 is 11.3 Å². The Morgan fingerprint density at radius 1 is 1.26 bits per heavy atom. The lowest BCUT2D eigenvalue weighted by Crippen LogP contribution is -2.03. The zero-order valence-electron chi connectivity index (χ0n) is 10.8. The van der Waals surface area contributed by atoms with Gasteiger partial charge in [0.1, 0.15) is 10.9 Å². The van der Waals surface area contributed by atoms with Gasteiger partial charge in [-0.3, -0.25) is 0 Å². The van der Waals surface area contributed by atoms with Crippen LogP contribution in [0.1, 0.15) is 15.3 Å². The fourth-order valence-electron chi connectivity index (χ4n) is 1.84. The number of ether oxygens (including phenoxy) is 1. The summed E-state index contributed by atoms with van der Waals surface area (Å²) in [7, 11) is 1.71. The van der Waals surface area contributed by atoms with Gasteiger partial charge in [-0.15, -0.1) is 11.3 Å². The summed E-state index contributed by atoms with van der Waals surface area (Å²) in [6, 6.07) is 14.3. The van der Waals surface area contributed by atoms with E-state index in [1.165, 1.54) is 16.9 Å². The van der Waals surface area contributed by atoms with Gasteiger partial charge >= 0.3 is 0 Å². The summed E-state index contributed by atoms with van der Waals surface area (Å²) in [5.41, 5.74) is 2.38. The Labute approximate surface area is 117 Å². The molecule has 0 aliphatic rings. The normalized spacial score (nSPS) is 10.1. The van der Waals surface area contributed by atoms with E-state index in [0.717, 1.165) is 35.0 Å². The molecule has 0 spiro atoms. The lowest BCUT2D eigenvalue weighted by Gasteiger charge is -2.10. The zero-order chi connectivity index (χ0) is 13.5. The van der Waals surface area contributed by atoms with Crippen molar-refractivity contribution in [2.45, 2.75) is 13.0 Å². The topological polar surface area (TPSA) is 45.0 Å². The molecule has 4 heteroatoms. The Kier molecular flexibility index (Phi) is 4.96. The number of thiophene rings is 1. The first-order chi connectivity index (χ1) is 9.33. The molecule has 1 heterocycles. The van der Waals surface area contributed by atoms with Crippen LogP contribution in [0.25, 0.3) is 0 Å². The largest absolute Gasteiger partial charge is 0.384 e. The third kappa shape index (κ3) is 3.82. The van der Waals surface area contributed by atoms with Gasteiger partial charge < -0.3 is 10.1 Å². The van der Waals surface area contributed by atoms with Crippen molar-refractivity contribution in [2.24, 2.45) is 0 Å². The number of nitrogens with zero attached hydrogens (tertiary/aromatic N) is 1. The average molecular weight is 272 g/mol. The molecule has 3 nitrogen and oxygen atoms in total. The highest BCUT2D eigenvalue weighted by Gasteiger charge is 2.03. The van der Waals surface area contributed by atoms with Gasteiger partial charge in [0.05, 0.1) is 6.61 Å². The molecule has 1 N–H and O–H groups in total. The van der Waals surface area contributed by atoms with Gasteiger partial charge in [-0.05, 0) is 30.2 Å². The van der Waals surface area contributed by atoms with Gasteiger partial charge in [0.2, 0.25) is 0 Å². The summed E-state index contributed by atoms with van der Waals surface area (Å²) in [6.07, 6.45) is 0.896. The van der Waals surface area contributed by atoms with Crippen LogP contribution in [0.5, 0.6) is 0 Å². The highest BCUT2D eigenvalue weighted by atomic mass is 32.1. The van der Waals surface area contributed by atoms with Gasteiger partial charge in [-0.2, -0.15) is 5.26 Å². The molecule has 0 atom stereocenters. The zero-order valence-corrected chi connectivity index (χ0v) is 11.7. The lowest BCUT2D eigenvalue weighted by atomic mass is 10.1. The molecule has 0 radical (unpaired) electrons. The average Bonchev–Trinajstić information content (AvgIpc) is 2.91. The van der Waals surface area contributed by atoms with E-state index in [4.69, 9.17) is 10.00 Å². The van der Waals surface area contributed by atoms with E-state index in [9.17, 15) is 0 Å². The highest BCUT2D eigenvalue weighted by Crippen LogP contribution is 2.20. The maximum Gasteiger partial charge on any atom is 0.110 e. The summed E-state index contributed by atoms with van der Waals surface area (Å²) >= 11 is 1.53. The number of nitriles is 1. The number of hydrogen-bond donors (Lipinski definition) is 1. The fourth-order valence-corrected chi connectivity index (χ4v) is 2.58. The van der Waals surface area contributed by atoms with Gasteiger partial charge in [0, 0.05) is 24.2 Å². The number of rotatable bonds is 6. The second kappa shape index (κ2) is 6.93. The number of nitrogens with one attached hydrogen (secondary N) is 1. The molecule has 0 unspecified atom stereocenters. The standard InChI is InChI=1S/C15H16N2OS/c1-18-9-8-12-4-2-3-5-15(12)17-11-14-7-6-13(10-16)19-14/h2-7,17H,8-9,11H2,1H3. The van der Waals surface area contributed by atoms with Crippen LogP contribution in [-0.4, -0.2) is 13.7 Å². The van der Waals surface area contributed by atoms with Crippen molar-refractivity contribution in [3.63, 3.8) is 0 Å². The third-order valence-corrected chi connectivity index (χ3v) is 3.81. The van der Waals surface area contributed by atoms with E-state index < -0.39 is 0 Å². The van der Waals surface area contributed by atoms with Crippen molar-refractivity contribution in [3.8, 4) is 6.07 Å². The van der Waals surface area contributed by atoms with Crippen LogP contribution in [-0.2, 0) is 17.7 Å². The quantitative estimate of drug-likeness (QED) is 0.876. The first-order valence-corrected chi connectivity index (χ1v) is 6.94. The number of benzene rings is 1. The van der Waals surface area contributed by atoms with Gasteiger partial charge in [-0.25, -0.2) is 0 Å². The molecule has 0 saturated heterocycles. The molecule has 0 aliphatic carbocycles. The van der Waals surface area contributed by atoms with E-state index >= 15 is 0 Å². The maximum absolute atomic E-state index is 8.80. The Hall–Kier alpha value is -1.83. The van der Waals surface area contributed by atoms with Crippen LogP contribution in [0, 0.1) is 11.3 Å². The first kappa shape index (κ1) is 13.6. The SMILES string of the molecule is COCCc1ccccc1NCc1ccc(C#N)s1. The summed E-state index contributed by atoms with van der Waals surface area (Å²) in [6.45, 7) is 1.46. The van der Waals surface area contributed by atoms with Crippen molar-refractivity contribution in [1.82, 2.24) is 0 Å². The van der Waals surface area contributed by atoms with Crippen molar-refractivity contribution in [3.05, 3.63) is 51.7 Å². The summed E-state index contributed by atoms with van der Waals surface area (Å²) in [4.78, 5) is 1.92. The molecule has 2 rings (SSSR count). The van der Waals surface area contributed by atoms with E-state index in [1.54, 1.807) is 7.11 Å². The Morgan fingerprint density at radius 2 is 2.11 bits per heavy atom. The maximum atomic E-state index is 8.80. The first-order valence-electron chi connectivity index (χ1n) is 6.13. The molecule has 0 amide bonds. The van der Waals surface area contributed by atoms with Crippen molar-refractivity contribution < 1.29 is 4.74 Å². The molecule has 98 valence electrons. The van der Waals surface area contributed by atoms with Crippen LogP contribution in [0.4, 0.5) is 5.69 Å². The van der Waals surface area contributed by atoms with Crippen LogP contribution in [0.3, 0.4) is 0 Å². The molecule has 0 aliphatic heterocycles. The molecular weight excluding hydrogens is 256 g/mol. The number of methoxy groups -OCH3 is 1. The minimum absolute atomic E-state index is 0.719. The van der Waals surface area contributed by atoms with E-state index in [0.29, 0.717) is 0 Å². The Balaban J connectivity index is 2.00. The van der Waals surface area contributed by atoms with E-state index in [-0.39, 0.29) is 0 Å². The molecule has 19 heavy (non-hydrogen) atoms. The fraction of sp³-hybridized carbons (Fsp3) is 0.267. The van der Waals surface area contributed by atoms with E-state index in [2.05, 4.69) is 23.5 Å². The molecule has 0 saturated carbocycles. The van der Waals surface area contributed by atoms with Crippen LogP contribution in [0.2, 0.25) is 0 Å². The highest BCUT2D eigenvalue weighted by molar-refractivity contribution is 7.12. The number of hydrogen-bond acceptors (Lipinski definition) is 4. The molecular formula is C15H16N2OS. The Bertz CT molecular complexity index is 572. The second-order valence-electron chi connectivity index (χ2n) is 4.13. The van der Waals surface area contributed by atoms with Crippen molar-refractivity contribution in [1.29, 1.82) is 5.26 Å². The van der Waals surface area contributed by atoms with Gasteiger partial charge in [0.25, 0.3) is 0 Å². The van der Waals surface area contributed by atoms with Gasteiger partial charge in [0.15, 0.2) is 0 Å². The molecule has 2 aromatic rings. The summed E-state index contributed by atoms with van der Waals surface area (Å²) < 4.78 is 5.12. The second-order valence-corrected chi connectivity index (χ2v) is 5.30. The van der Waals surface area contributed by atoms with Crippen molar-refractivity contribution >= 4 is 17.0 Å². The van der Waals surface area contributed by atoms with E-state index in [1.807, 2.05) is 24.3 Å². The molecule has 1 aromatic carbocycles. The predicted octanol–water partition coefficient (Wildman–Crippen LogP) is 3.42. The minimum Gasteiger partial charge on any atom is -0.384 e. The summed E-state index contributed by atoms with van der Waals surface area (Å²) in [5, 5.41) is 12.2.